The van der Waals surface area contributed by atoms with Gasteiger partial charge in [-0.1, -0.05) is 83.8 Å². The zero-order valence-electron chi connectivity index (χ0n) is 32.6. The van der Waals surface area contributed by atoms with Crippen molar-refractivity contribution in [2.24, 2.45) is 0 Å². The van der Waals surface area contributed by atoms with E-state index < -0.39 is 17.7 Å². The quantitative estimate of drug-likeness (QED) is 0.0541. The minimum absolute atomic E-state index is 0.0504. The maximum atomic E-state index is 13.2. The first-order chi connectivity index (χ1) is 23.6. The van der Waals surface area contributed by atoms with Crippen LogP contribution in [0.2, 0.25) is 0 Å². The van der Waals surface area contributed by atoms with Gasteiger partial charge in [0, 0.05) is 45.7 Å². The Bertz CT molecular complexity index is 867. The Kier molecular flexibility index (Phi) is 27.1. The van der Waals surface area contributed by atoms with E-state index in [1.807, 2.05) is 20.8 Å². The van der Waals surface area contributed by atoms with Crippen molar-refractivity contribution in [3.8, 4) is 0 Å². The molecular formula is C40H77N5O4. The van der Waals surface area contributed by atoms with Crippen LogP contribution in [-0.4, -0.2) is 91.7 Å². The van der Waals surface area contributed by atoms with Gasteiger partial charge in [0.15, 0.2) is 0 Å². The lowest BCUT2D eigenvalue weighted by molar-refractivity contribution is -0.129. The highest BCUT2D eigenvalue weighted by atomic mass is 16.6. The molecule has 1 rings (SSSR count). The smallest absolute Gasteiger partial charge is 0.407 e. The number of nitrogens with one attached hydrogen (secondary N) is 3. The van der Waals surface area contributed by atoms with Gasteiger partial charge in [-0.25, -0.2) is 4.79 Å². The van der Waals surface area contributed by atoms with Crippen molar-refractivity contribution in [3.05, 3.63) is 12.2 Å². The van der Waals surface area contributed by atoms with Gasteiger partial charge in [-0.3, -0.25) is 9.59 Å². The summed E-state index contributed by atoms with van der Waals surface area (Å²) >= 11 is 0. The van der Waals surface area contributed by atoms with Gasteiger partial charge in [-0.05, 0) is 98.1 Å². The molecule has 1 saturated heterocycles. The van der Waals surface area contributed by atoms with Crippen molar-refractivity contribution in [2.45, 2.75) is 175 Å². The average Bonchev–Trinajstić information content (AvgIpc) is 3.06. The van der Waals surface area contributed by atoms with E-state index in [4.69, 9.17) is 4.74 Å². The largest absolute Gasteiger partial charge is 0.444 e. The van der Waals surface area contributed by atoms with Crippen LogP contribution in [0.15, 0.2) is 12.2 Å². The lowest BCUT2D eigenvalue weighted by Crippen LogP contribution is -2.48. The lowest BCUT2D eigenvalue weighted by atomic mass is 10.1. The van der Waals surface area contributed by atoms with Gasteiger partial charge in [-0.15, -0.1) is 0 Å². The van der Waals surface area contributed by atoms with E-state index >= 15 is 0 Å². The second-order valence-electron chi connectivity index (χ2n) is 15.1. The fourth-order valence-corrected chi connectivity index (χ4v) is 6.13. The standard InChI is InChI=1S/C40H77N5O4/c1-6-8-10-11-12-13-14-15-16-17-18-19-20-21-22-27-37(46)43-36(26-23-24-28-42-39(48)49-40(3,4)5)38(47)41-29-25-31-45-34-32-44(33-35-45)30-9-7-2/h15-16,36H,6-14,17-35H2,1-5H3,(H,41,47)(H,42,48)(H,43,46). The normalized spacial score (nSPS) is 15.0. The number of unbranched alkanes of at least 4 members (excludes halogenated alkanes) is 13. The summed E-state index contributed by atoms with van der Waals surface area (Å²) < 4.78 is 5.30. The summed E-state index contributed by atoms with van der Waals surface area (Å²) in [5, 5.41) is 8.89. The second-order valence-corrected chi connectivity index (χ2v) is 15.1. The number of ether oxygens (including phenoxy) is 1. The number of amides is 3. The molecule has 1 fully saturated rings. The average molecular weight is 692 g/mol. The predicted molar refractivity (Wildman–Crippen MR) is 205 cm³/mol. The van der Waals surface area contributed by atoms with E-state index in [0.717, 1.165) is 64.8 Å². The summed E-state index contributed by atoms with van der Waals surface area (Å²) in [4.78, 5) is 43.0. The SMILES string of the molecule is CCCCCCCCC=CCCCCCCCC(=O)NC(CCCCNC(=O)OC(C)(C)C)C(=O)NCCCN1CCN(CCCC)CC1. The number of alkyl carbamates (subject to hydrolysis) is 1. The van der Waals surface area contributed by atoms with Crippen molar-refractivity contribution < 1.29 is 19.1 Å². The number of rotatable bonds is 29. The molecule has 1 atom stereocenters. The van der Waals surface area contributed by atoms with E-state index in [-0.39, 0.29) is 11.8 Å². The van der Waals surface area contributed by atoms with E-state index in [9.17, 15) is 14.4 Å². The number of piperazine rings is 1. The predicted octanol–water partition coefficient (Wildman–Crippen LogP) is 8.13. The van der Waals surface area contributed by atoms with Crippen molar-refractivity contribution in [2.75, 3.05) is 52.4 Å². The molecule has 9 heteroatoms. The minimum atomic E-state index is -0.556. The molecule has 9 nitrogen and oxygen atoms in total. The van der Waals surface area contributed by atoms with Gasteiger partial charge in [0.2, 0.25) is 11.8 Å². The van der Waals surface area contributed by atoms with Crippen molar-refractivity contribution in [1.29, 1.82) is 0 Å². The van der Waals surface area contributed by atoms with Gasteiger partial charge in [0.1, 0.15) is 11.6 Å². The maximum Gasteiger partial charge on any atom is 0.407 e. The van der Waals surface area contributed by atoms with Crippen LogP contribution in [0.5, 0.6) is 0 Å². The molecule has 3 N–H and O–H groups in total. The third-order valence-corrected chi connectivity index (χ3v) is 9.15. The van der Waals surface area contributed by atoms with Gasteiger partial charge in [0.05, 0.1) is 0 Å². The number of carbonyl (C=O) groups excluding carboxylic acids is 3. The fraction of sp³-hybridized carbons (Fsp3) is 0.875. The zero-order chi connectivity index (χ0) is 36.0. The number of hydrogen-bond acceptors (Lipinski definition) is 6. The maximum absolute atomic E-state index is 13.2. The number of allylic oxidation sites excluding steroid dienone is 2. The highest BCUT2D eigenvalue weighted by Gasteiger charge is 2.21. The lowest BCUT2D eigenvalue weighted by Gasteiger charge is -2.34. The summed E-state index contributed by atoms with van der Waals surface area (Å²) in [6.45, 7) is 17.7. The highest BCUT2D eigenvalue weighted by Crippen LogP contribution is 2.11. The van der Waals surface area contributed by atoms with Crippen LogP contribution < -0.4 is 16.0 Å². The van der Waals surface area contributed by atoms with Crippen LogP contribution in [0.25, 0.3) is 0 Å². The molecule has 1 aliphatic heterocycles. The van der Waals surface area contributed by atoms with Crippen LogP contribution >= 0.6 is 0 Å². The molecule has 49 heavy (non-hydrogen) atoms. The first-order valence-electron chi connectivity index (χ1n) is 20.3. The topological polar surface area (TPSA) is 103 Å². The molecule has 0 bridgehead atoms. The van der Waals surface area contributed by atoms with E-state index in [1.165, 1.54) is 77.2 Å². The minimum Gasteiger partial charge on any atom is -0.444 e. The van der Waals surface area contributed by atoms with E-state index in [0.29, 0.717) is 38.8 Å². The zero-order valence-corrected chi connectivity index (χ0v) is 32.6. The molecule has 3 amide bonds. The summed E-state index contributed by atoms with van der Waals surface area (Å²) in [6.07, 6.45) is 26.0. The Hall–Kier alpha value is -2.13. The van der Waals surface area contributed by atoms with Crippen LogP contribution in [0.1, 0.15) is 163 Å². The third-order valence-electron chi connectivity index (χ3n) is 9.15. The number of nitrogens with zero attached hydrogens (tertiary/aromatic N) is 2. The molecule has 1 aliphatic rings. The number of hydrogen-bond donors (Lipinski definition) is 3. The van der Waals surface area contributed by atoms with Crippen LogP contribution in [0.4, 0.5) is 4.79 Å². The fourth-order valence-electron chi connectivity index (χ4n) is 6.13. The summed E-state index contributed by atoms with van der Waals surface area (Å²) in [6, 6.07) is -0.556. The second kappa shape index (κ2) is 29.6. The Labute approximate surface area is 301 Å². The first kappa shape index (κ1) is 44.9. The van der Waals surface area contributed by atoms with Crippen LogP contribution in [-0.2, 0) is 14.3 Å². The Morgan fingerprint density at radius 3 is 1.78 bits per heavy atom. The summed E-state index contributed by atoms with van der Waals surface area (Å²) in [5.41, 5.74) is -0.537. The van der Waals surface area contributed by atoms with Crippen LogP contribution in [0.3, 0.4) is 0 Å². The molecule has 1 unspecified atom stereocenters. The Morgan fingerprint density at radius 2 is 1.18 bits per heavy atom. The van der Waals surface area contributed by atoms with Crippen molar-refractivity contribution in [1.82, 2.24) is 25.8 Å². The molecule has 0 aromatic heterocycles. The Balaban J connectivity index is 2.32. The Morgan fingerprint density at radius 1 is 0.653 bits per heavy atom. The van der Waals surface area contributed by atoms with Gasteiger partial charge in [0.25, 0.3) is 0 Å². The molecular weight excluding hydrogens is 614 g/mol. The first-order valence-corrected chi connectivity index (χ1v) is 20.3. The van der Waals surface area contributed by atoms with E-state index in [1.54, 1.807) is 0 Å². The third kappa shape index (κ3) is 27.3. The molecule has 0 radical (unpaired) electrons. The van der Waals surface area contributed by atoms with Crippen molar-refractivity contribution in [3.63, 3.8) is 0 Å². The summed E-state index contributed by atoms with van der Waals surface area (Å²) in [7, 11) is 0. The molecule has 1 heterocycles. The monoisotopic (exact) mass is 692 g/mol. The molecule has 0 saturated carbocycles. The van der Waals surface area contributed by atoms with Crippen LogP contribution in [0, 0.1) is 0 Å². The van der Waals surface area contributed by atoms with Gasteiger partial charge < -0.3 is 30.5 Å². The number of carbonyl (C=O) groups is 3. The molecule has 0 aromatic carbocycles. The van der Waals surface area contributed by atoms with Gasteiger partial charge >= 0.3 is 6.09 Å². The summed E-state index contributed by atoms with van der Waals surface area (Å²) in [5.74, 6) is -0.159. The molecule has 0 aliphatic carbocycles. The van der Waals surface area contributed by atoms with Crippen molar-refractivity contribution >= 4 is 17.9 Å². The molecule has 0 spiro atoms. The molecule has 0 aromatic rings. The molecule has 286 valence electrons. The highest BCUT2D eigenvalue weighted by molar-refractivity contribution is 5.87. The van der Waals surface area contributed by atoms with E-state index in [2.05, 4.69) is 51.7 Å². The van der Waals surface area contributed by atoms with Gasteiger partial charge in [-0.2, -0.15) is 0 Å².